The number of phenolic OH excluding ortho intramolecular Hbond substituents is 1. The van der Waals surface area contributed by atoms with E-state index in [0.717, 1.165) is 5.56 Å². The van der Waals surface area contributed by atoms with Crippen LogP contribution < -0.4 is 10.1 Å². The van der Waals surface area contributed by atoms with Gasteiger partial charge in [-0.1, -0.05) is 0 Å². The van der Waals surface area contributed by atoms with Crippen molar-refractivity contribution < 1.29 is 14.1 Å². The first-order chi connectivity index (χ1) is 7.63. The van der Waals surface area contributed by atoms with Crippen LogP contribution in [-0.2, 0) is 17.3 Å². The largest absolute Gasteiger partial charge is 0.508 e. The average Bonchev–Trinajstić information content (AvgIpc) is 2.26. The Kier molecular flexibility index (Phi) is 5.28. The molecular weight excluding hydrogens is 226 g/mol. The lowest BCUT2D eigenvalue weighted by atomic mass is 10.2. The lowest BCUT2D eigenvalue weighted by molar-refractivity contribution is 0.410. The first kappa shape index (κ1) is 13.0. The predicted molar refractivity (Wildman–Crippen MR) is 65.3 cm³/mol. The second-order valence-corrected chi connectivity index (χ2v) is 5.00. The fourth-order valence-electron chi connectivity index (χ4n) is 1.27. The van der Waals surface area contributed by atoms with Crippen molar-refractivity contribution in [1.82, 2.24) is 5.32 Å². The third-order valence-corrected chi connectivity index (χ3v) is 2.95. The Morgan fingerprint density at radius 1 is 1.50 bits per heavy atom. The Labute approximate surface area is 98.1 Å². The molecule has 0 saturated heterocycles. The molecule has 1 rings (SSSR count). The van der Waals surface area contributed by atoms with Gasteiger partial charge in [-0.3, -0.25) is 4.21 Å². The summed E-state index contributed by atoms with van der Waals surface area (Å²) >= 11 is 0. The van der Waals surface area contributed by atoms with E-state index in [0.29, 0.717) is 24.6 Å². The number of hydrogen-bond donors (Lipinski definition) is 2. The first-order valence-electron chi connectivity index (χ1n) is 5.00. The zero-order valence-corrected chi connectivity index (χ0v) is 10.3. The van der Waals surface area contributed by atoms with E-state index in [4.69, 9.17) is 4.74 Å². The molecule has 0 saturated carbocycles. The van der Waals surface area contributed by atoms with E-state index in [2.05, 4.69) is 5.32 Å². The lowest BCUT2D eigenvalue weighted by Crippen LogP contribution is -2.19. The SMILES string of the molecule is COc1ccc(O)c(CNCCS(C)=O)c1. The minimum atomic E-state index is -0.784. The van der Waals surface area contributed by atoms with Crippen molar-refractivity contribution in [3.8, 4) is 11.5 Å². The summed E-state index contributed by atoms with van der Waals surface area (Å²) in [7, 11) is 0.803. The van der Waals surface area contributed by atoms with Crippen LogP contribution in [0.4, 0.5) is 0 Å². The molecule has 0 heterocycles. The van der Waals surface area contributed by atoms with Gasteiger partial charge in [-0.05, 0) is 18.2 Å². The number of nitrogens with one attached hydrogen (secondary N) is 1. The fourth-order valence-corrected chi connectivity index (χ4v) is 1.70. The summed E-state index contributed by atoms with van der Waals surface area (Å²) in [6.07, 6.45) is 1.67. The van der Waals surface area contributed by atoms with Crippen LogP contribution in [0.5, 0.6) is 11.5 Å². The molecule has 90 valence electrons. The van der Waals surface area contributed by atoms with E-state index in [1.165, 1.54) is 0 Å². The van der Waals surface area contributed by atoms with Crippen LogP contribution in [-0.4, -0.2) is 35.0 Å². The Hall–Kier alpha value is -1.07. The Bertz CT molecular complexity index is 368. The Morgan fingerprint density at radius 2 is 2.25 bits per heavy atom. The third-order valence-electron chi connectivity index (χ3n) is 2.17. The first-order valence-corrected chi connectivity index (χ1v) is 6.73. The normalized spacial score (nSPS) is 12.4. The summed E-state index contributed by atoms with van der Waals surface area (Å²) in [5, 5.41) is 12.7. The van der Waals surface area contributed by atoms with Crippen molar-refractivity contribution in [3.05, 3.63) is 23.8 Å². The molecule has 0 radical (unpaired) electrons. The highest BCUT2D eigenvalue weighted by molar-refractivity contribution is 7.84. The summed E-state index contributed by atoms with van der Waals surface area (Å²) in [5.41, 5.74) is 0.779. The van der Waals surface area contributed by atoms with Gasteiger partial charge < -0.3 is 15.2 Å². The van der Waals surface area contributed by atoms with Gasteiger partial charge in [0.25, 0.3) is 0 Å². The maximum atomic E-state index is 10.8. The van der Waals surface area contributed by atoms with Crippen molar-refractivity contribution >= 4 is 10.8 Å². The monoisotopic (exact) mass is 243 g/mol. The predicted octanol–water partition coefficient (Wildman–Crippen LogP) is 0.869. The van der Waals surface area contributed by atoms with Gasteiger partial charge in [0.05, 0.1) is 7.11 Å². The molecule has 0 aromatic heterocycles. The number of methoxy groups -OCH3 is 1. The van der Waals surface area contributed by atoms with Gasteiger partial charge >= 0.3 is 0 Å². The number of ether oxygens (including phenoxy) is 1. The quantitative estimate of drug-likeness (QED) is 0.728. The summed E-state index contributed by atoms with van der Waals surface area (Å²) in [4.78, 5) is 0. The molecule has 0 aliphatic rings. The second-order valence-electron chi connectivity index (χ2n) is 3.45. The van der Waals surface area contributed by atoms with Crippen LogP contribution in [0, 0.1) is 0 Å². The zero-order chi connectivity index (χ0) is 12.0. The molecule has 16 heavy (non-hydrogen) atoms. The number of aromatic hydroxyl groups is 1. The van der Waals surface area contributed by atoms with Crippen LogP contribution in [0.3, 0.4) is 0 Å². The highest BCUT2D eigenvalue weighted by atomic mass is 32.2. The second kappa shape index (κ2) is 6.50. The number of phenols is 1. The highest BCUT2D eigenvalue weighted by Crippen LogP contribution is 2.22. The minimum absolute atomic E-state index is 0.242. The van der Waals surface area contributed by atoms with Crippen LogP contribution in [0.25, 0.3) is 0 Å². The van der Waals surface area contributed by atoms with Crippen molar-refractivity contribution in [2.24, 2.45) is 0 Å². The smallest absolute Gasteiger partial charge is 0.120 e. The minimum Gasteiger partial charge on any atom is -0.508 e. The van der Waals surface area contributed by atoms with Crippen molar-refractivity contribution in [1.29, 1.82) is 0 Å². The van der Waals surface area contributed by atoms with Gasteiger partial charge in [-0.25, -0.2) is 0 Å². The zero-order valence-electron chi connectivity index (χ0n) is 9.53. The van der Waals surface area contributed by atoms with Gasteiger partial charge in [0.2, 0.25) is 0 Å². The molecule has 1 unspecified atom stereocenters. The number of hydrogen-bond acceptors (Lipinski definition) is 4. The molecule has 0 spiro atoms. The molecule has 1 aromatic rings. The maximum absolute atomic E-state index is 10.8. The van der Waals surface area contributed by atoms with Crippen LogP contribution >= 0.6 is 0 Å². The molecule has 0 aliphatic carbocycles. The van der Waals surface area contributed by atoms with Crippen LogP contribution in [0.15, 0.2) is 18.2 Å². The van der Waals surface area contributed by atoms with Gasteiger partial charge in [-0.15, -0.1) is 0 Å². The van der Waals surface area contributed by atoms with E-state index < -0.39 is 10.8 Å². The van der Waals surface area contributed by atoms with Gasteiger partial charge in [0.15, 0.2) is 0 Å². The number of rotatable bonds is 6. The summed E-state index contributed by atoms with van der Waals surface area (Å²) in [6, 6.07) is 5.10. The average molecular weight is 243 g/mol. The number of benzene rings is 1. The summed E-state index contributed by atoms with van der Waals surface area (Å²) in [5.74, 6) is 1.57. The van der Waals surface area contributed by atoms with E-state index in [9.17, 15) is 9.32 Å². The molecule has 2 N–H and O–H groups in total. The summed E-state index contributed by atoms with van der Waals surface area (Å²) in [6.45, 7) is 1.21. The lowest BCUT2D eigenvalue weighted by Gasteiger charge is -2.08. The van der Waals surface area contributed by atoms with Gasteiger partial charge in [0.1, 0.15) is 11.5 Å². The molecular formula is C11H17NO3S. The molecule has 0 amide bonds. The Balaban J connectivity index is 2.49. The Morgan fingerprint density at radius 3 is 2.88 bits per heavy atom. The molecule has 1 aromatic carbocycles. The third kappa shape index (κ3) is 4.20. The van der Waals surface area contributed by atoms with E-state index in [1.807, 2.05) is 0 Å². The summed E-state index contributed by atoms with van der Waals surface area (Å²) < 4.78 is 15.9. The van der Waals surface area contributed by atoms with Gasteiger partial charge in [0, 0.05) is 41.5 Å². The fraction of sp³-hybridized carbons (Fsp3) is 0.455. The molecule has 0 fully saturated rings. The van der Waals surface area contributed by atoms with Crippen molar-refractivity contribution in [2.75, 3.05) is 25.7 Å². The maximum Gasteiger partial charge on any atom is 0.120 e. The van der Waals surface area contributed by atoms with Gasteiger partial charge in [-0.2, -0.15) is 0 Å². The van der Waals surface area contributed by atoms with Crippen molar-refractivity contribution in [3.63, 3.8) is 0 Å². The van der Waals surface area contributed by atoms with E-state index in [1.54, 1.807) is 31.6 Å². The van der Waals surface area contributed by atoms with Crippen molar-refractivity contribution in [2.45, 2.75) is 6.54 Å². The molecule has 0 bridgehead atoms. The topological polar surface area (TPSA) is 58.6 Å². The van der Waals surface area contributed by atoms with E-state index >= 15 is 0 Å². The van der Waals surface area contributed by atoms with Crippen LogP contribution in [0.2, 0.25) is 0 Å². The molecule has 1 atom stereocenters. The van der Waals surface area contributed by atoms with Crippen LogP contribution in [0.1, 0.15) is 5.56 Å². The molecule has 0 aliphatic heterocycles. The van der Waals surface area contributed by atoms with E-state index in [-0.39, 0.29) is 5.75 Å². The molecule has 4 nitrogen and oxygen atoms in total. The standard InChI is InChI=1S/C11H17NO3S/c1-15-10-3-4-11(13)9(7-10)8-12-5-6-16(2)14/h3-4,7,12-13H,5-6,8H2,1-2H3. The molecule has 5 heteroatoms. The highest BCUT2D eigenvalue weighted by Gasteiger charge is 2.02.